The van der Waals surface area contributed by atoms with Gasteiger partial charge in [-0.25, -0.2) is 9.59 Å². The molecule has 0 bridgehead atoms. The molecule has 1 aromatic rings. The van der Waals surface area contributed by atoms with E-state index in [0.29, 0.717) is 5.56 Å². The molecular formula is C20H28O7. The molecule has 27 heavy (non-hydrogen) atoms. The zero-order chi connectivity index (χ0) is 20.4. The summed E-state index contributed by atoms with van der Waals surface area (Å²) < 4.78 is 15.3. The maximum Gasteiger partial charge on any atom is 0.345 e. The second kappa shape index (κ2) is 11.1. The first-order valence-electron chi connectivity index (χ1n) is 8.94. The number of aromatic hydroxyl groups is 1. The van der Waals surface area contributed by atoms with Gasteiger partial charge in [0.15, 0.2) is 11.5 Å². The van der Waals surface area contributed by atoms with Gasteiger partial charge in [-0.05, 0) is 36.1 Å². The van der Waals surface area contributed by atoms with Crippen molar-refractivity contribution in [3.8, 4) is 17.2 Å². The van der Waals surface area contributed by atoms with Crippen molar-refractivity contribution in [2.75, 3.05) is 20.8 Å². The van der Waals surface area contributed by atoms with Crippen molar-refractivity contribution in [1.82, 2.24) is 0 Å². The van der Waals surface area contributed by atoms with Gasteiger partial charge in [0, 0.05) is 0 Å². The lowest BCUT2D eigenvalue weighted by Crippen LogP contribution is -2.19. The van der Waals surface area contributed by atoms with Crippen LogP contribution in [0.2, 0.25) is 0 Å². The minimum absolute atomic E-state index is 0.101. The van der Waals surface area contributed by atoms with Crippen LogP contribution in [-0.2, 0) is 14.3 Å². The molecule has 0 heterocycles. The van der Waals surface area contributed by atoms with Crippen LogP contribution >= 0.6 is 0 Å². The Balaban J connectivity index is 3.04. The number of hydrogen-bond donors (Lipinski definition) is 2. The Bertz CT molecular complexity index is 654. The van der Waals surface area contributed by atoms with E-state index >= 15 is 0 Å². The van der Waals surface area contributed by atoms with Crippen LogP contribution in [0.4, 0.5) is 0 Å². The highest BCUT2D eigenvalue weighted by atomic mass is 16.5. The zero-order valence-electron chi connectivity index (χ0n) is 16.3. The predicted molar refractivity (Wildman–Crippen MR) is 101 cm³/mol. The quantitative estimate of drug-likeness (QED) is 0.261. The van der Waals surface area contributed by atoms with Crippen LogP contribution in [0.3, 0.4) is 0 Å². The highest BCUT2D eigenvalue weighted by Crippen LogP contribution is 2.37. The van der Waals surface area contributed by atoms with Crippen molar-refractivity contribution >= 4 is 18.0 Å². The Labute approximate surface area is 159 Å². The van der Waals surface area contributed by atoms with Crippen LogP contribution in [-0.4, -0.2) is 43.0 Å². The Hall–Kier alpha value is -2.70. The first-order chi connectivity index (χ1) is 12.9. The number of carboxylic acids is 1. The topological polar surface area (TPSA) is 102 Å². The summed E-state index contributed by atoms with van der Waals surface area (Å²) in [5.74, 6) is -2.10. The van der Waals surface area contributed by atoms with Gasteiger partial charge in [-0.1, -0.05) is 33.1 Å². The van der Waals surface area contributed by atoms with Crippen LogP contribution in [0.5, 0.6) is 17.2 Å². The van der Waals surface area contributed by atoms with Crippen molar-refractivity contribution in [3.63, 3.8) is 0 Å². The number of esters is 1. The third-order valence-electron chi connectivity index (χ3n) is 4.26. The van der Waals surface area contributed by atoms with Crippen LogP contribution < -0.4 is 9.47 Å². The standard InChI is InChI=1S/C20H28O7/c1-5-7-8-13(6-2)12-27-20(24)15(19(22)23)9-14-10-16(25-3)18(21)17(11-14)26-4/h9-11,13,21H,5-8,12H2,1-4H3,(H,22,23). The number of aliphatic carboxylic acids is 1. The number of rotatable bonds is 11. The molecule has 7 heteroatoms. The van der Waals surface area contributed by atoms with E-state index in [-0.39, 0.29) is 29.8 Å². The maximum atomic E-state index is 12.3. The summed E-state index contributed by atoms with van der Waals surface area (Å²) in [5, 5.41) is 19.3. The van der Waals surface area contributed by atoms with E-state index < -0.39 is 17.5 Å². The fraction of sp³-hybridized carbons (Fsp3) is 0.500. The molecule has 2 N–H and O–H groups in total. The third-order valence-corrected chi connectivity index (χ3v) is 4.26. The van der Waals surface area contributed by atoms with E-state index in [2.05, 4.69) is 6.92 Å². The van der Waals surface area contributed by atoms with Gasteiger partial charge in [-0.15, -0.1) is 0 Å². The smallest absolute Gasteiger partial charge is 0.345 e. The summed E-state index contributed by atoms with van der Waals surface area (Å²) in [6, 6.07) is 2.81. The van der Waals surface area contributed by atoms with Crippen LogP contribution in [0.1, 0.15) is 45.1 Å². The molecule has 0 spiro atoms. The van der Waals surface area contributed by atoms with Gasteiger partial charge >= 0.3 is 11.9 Å². The number of carbonyl (C=O) groups excluding carboxylic acids is 1. The molecule has 0 amide bonds. The second-order valence-electron chi connectivity index (χ2n) is 6.15. The third kappa shape index (κ3) is 6.51. The van der Waals surface area contributed by atoms with E-state index in [4.69, 9.17) is 14.2 Å². The van der Waals surface area contributed by atoms with Gasteiger partial charge in [0.25, 0.3) is 0 Å². The summed E-state index contributed by atoms with van der Waals surface area (Å²) in [7, 11) is 2.71. The van der Waals surface area contributed by atoms with Gasteiger partial charge in [-0.3, -0.25) is 0 Å². The van der Waals surface area contributed by atoms with E-state index in [1.807, 2.05) is 6.92 Å². The summed E-state index contributed by atoms with van der Waals surface area (Å²) in [4.78, 5) is 23.8. The largest absolute Gasteiger partial charge is 0.502 e. The molecule has 1 rings (SSSR count). The Kier molecular flexibility index (Phi) is 9.19. The Morgan fingerprint density at radius 1 is 1.15 bits per heavy atom. The molecule has 0 aliphatic heterocycles. The van der Waals surface area contributed by atoms with Gasteiger partial charge in [0.05, 0.1) is 20.8 Å². The molecule has 0 aliphatic rings. The summed E-state index contributed by atoms with van der Waals surface area (Å²) in [6.07, 6.45) is 5.03. The Morgan fingerprint density at radius 3 is 2.19 bits per heavy atom. The van der Waals surface area contributed by atoms with Gasteiger partial charge in [0.2, 0.25) is 5.75 Å². The number of phenols is 1. The van der Waals surface area contributed by atoms with Gasteiger partial charge in [-0.2, -0.15) is 0 Å². The first-order valence-corrected chi connectivity index (χ1v) is 8.94. The number of carbonyl (C=O) groups is 2. The molecule has 0 saturated carbocycles. The number of hydrogen-bond acceptors (Lipinski definition) is 6. The minimum Gasteiger partial charge on any atom is -0.502 e. The summed E-state index contributed by atoms with van der Waals surface area (Å²) >= 11 is 0. The van der Waals surface area contributed by atoms with Crippen molar-refractivity contribution in [2.24, 2.45) is 5.92 Å². The average molecular weight is 380 g/mol. The van der Waals surface area contributed by atoms with E-state index in [0.717, 1.165) is 25.7 Å². The normalized spacial score (nSPS) is 12.4. The molecule has 0 saturated heterocycles. The highest BCUT2D eigenvalue weighted by Gasteiger charge is 2.21. The molecule has 1 atom stereocenters. The Morgan fingerprint density at radius 2 is 1.74 bits per heavy atom. The highest BCUT2D eigenvalue weighted by molar-refractivity contribution is 6.17. The van der Waals surface area contributed by atoms with E-state index in [1.54, 1.807) is 0 Å². The molecule has 0 aromatic heterocycles. The molecule has 1 aromatic carbocycles. The van der Waals surface area contributed by atoms with Crippen LogP contribution in [0.15, 0.2) is 17.7 Å². The molecule has 0 radical (unpaired) electrons. The van der Waals surface area contributed by atoms with Gasteiger partial charge in [0.1, 0.15) is 5.57 Å². The van der Waals surface area contributed by atoms with E-state index in [1.165, 1.54) is 32.4 Å². The van der Waals surface area contributed by atoms with Crippen molar-refractivity contribution in [3.05, 3.63) is 23.3 Å². The van der Waals surface area contributed by atoms with Crippen LogP contribution in [0.25, 0.3) is 6.08 Å². The van der Waals surface area contributed by atoms with Crippen LogP contribution in [0, 0.1) is 5.92 Å². The lowest BCUT2D eigenvalue weighted by Gasteiger charge is -2.15. The number of methoxy groups -OCH3 is 2. The lowest BCUT2D eigenvalue weighted by molar-refractivity contribution is -0.145. The molecule has 7 nitrogen and oxygen atoms in total. The number of ether oxygens (including phenoxy) is 3. The first kappa shape index (κ1) is 22.3. The van der Waals surface area contributed by atoms with Gasteiger partial charge < -0.3 is 24.4 Å². The zero-order valence-corrected chi connectivity index (χ0v) is 16.3. The molecule has 0 fully saturated rings. The molecular weight excluding hydrogens is 352 g/mol. The van der Waals surface area contributed by atoms with Crippen molar-refractivity contribution in [1.29, 1.82) is 0 Å². The minimum atomic E-state index is -1.40. The molecule has 0 aliphatic carbocycles. The molecule has 1 unspecified atom stereocenters. The number of unbranched alkanes of at least 4 members (excludes halogenated alkanes) is 1. The SMILES string of the molecule is CCCCC(CC)COC(=O)C(=Cc1cc(OC)c(O)c(OC)c1)C(=O)O. The maximum absolute atomic E-state index is 12.3. The monoisotopic (exact) mass is 380 g/mol. The fourth-order valence-corrected chi connectivity index (χ4v) is 2.54. The lowest BCUT2D eigenvalue weighted by atomic mass is 10.0. The van der Waals surface area contributed by atoms with Crippen molar-refractivity contribution in [2.45, 2.75) is 39.5 Å². The molecule has 150 valence electrons. The van der Waals surface area contributed by atoms with Crippen molar-refractivity contribution < 1.29 is 34.0 Å². The predicted octanol–water partition coefficient (Wildman–Crippen LogP) is 3.64. The number of carboxylic acid groups (broad SMARTS) is 1. The summed E-state index contributed by atoms with van der Waals surface area (Å²) in [6.45, 7) is 4.28. The summed E-state index contributed by atoms with van der Waals surface area (Å²) in [5.41, 5.74) is -0.177. The average Bonchev–Trinajstić information content (AvgIpc) is 2.66. The second-order valence-corrected chi connectivity index (χ2v) is 6.15. The number of benzene rings is 1. The van der Waals surface area contributed by atoms with E-state index in [9.17, 15) is 19.8 Å². The fourth-order valence-electron chi connectivity index (χ4n) is 2.54. The number of phenolic OH excluding ortho intramolecular Hbond substituents is 1.